The van der Waals surface area contributed by atoms with Crippen LogP contribution in [0.25, 0.3) is 0 Å². The van der Waals surface area contributed by atoms with Crippen LogP contribution in [0.5, 0.6) is 0 Å². The highest BCUT2D eigenvalue weighted by Gasteiger charge is 2.28. The molecule has 3 N–H and O–H groups in total. The number of benzene rings is 1. The van der Waals surface area contributed by atoms with Gasteiger partial charge in [-0.25, -0.2) is 4.79 Å². The van der Waals surface area contributed by atoms with Crippen LogP contribution in [0.3, 0.4) is 0 Å². The molecular formula is C21H33N3O2. The molecule has 0 aliphatic carbocycles. The molecule has 1 saturated heterocycles. The molecule has 0 radical (unpaired) electrons. The van der Waals surface area contributed by atoms with Gasteiger partial charge in [0, 0.05) is 19.0 Å². The Kier molecular flexibility index (Phi) is 7.06. The summed E-state index contributed by atoms with van der Waals surface area (Å²) in [5.74, 6) is 0.471. The van der Waals surface area contributed by atoms with Crippen molar-refractivity contribution in [2.75, 3.05) is 13.1 Å². The lowest BCUT2D eigenvalue weighted by atomic mass is 9.92. The number of hydrogen-bond donors (Lipinski definition) is 2. The van der Waals surface area contributed by atoms with E-state index in [1.165, 1.54) is 5.56 Å². The molecule has 0 unspecified atom stereocenters. The van der Waals surface area contributed by atoms with Crippen LogP contribution < -0.4 is 11.1 Å². The molecule has 5 nitrogen and oxygen atoms in total. The number of piperidine rings is 1. The Hall–Kier alpha value is -2.04. The van der Waals surface area contributed by atoms with E-state index in [1.807, 2.05) is 0 Å². The van der Waals surface area contributed by atoms with Crippen molar-refractivity contribution in [2.45, 2.75) is 58.9 Å². The van der Waals surface area contributed by atoms with Crippen molar-refractivity contribution in [1.29, 1.82) is 0 Å². The fraction of sp³-hybridized carbons (Fsp3) is 0.619. The summed E-state index contributed by atoms with van der Waals surface area (Å²) >= 11 is 0. The van der Waals surface area contributed by atoms with Crippen molar-refractivity contribution in [3.05, 3.63) is 35.4 Å². The lowest BCUT2D eigenvalue weighted by Gasteiger charge is -2.33. The molecule has 1 aromatic rings. The van der Waals surface area contributed by atoms with E-state index < -0.39 is 0 Å². The van der Waals surface area contributed by atoms with Gasteiger partial charge >= 0.3 is 6.03 Å². The van der Waals surface area contributed by atoms with Gasteiger partial charge in [-0.2, -0.15) is 0 Å². The lowest BCUT2D eigenvalue weighted by Crippen LogP contribution is -2.47. The van der Waals surface area contributed by atoms with Crippen LogP contribution in [0.2, 0.25) is 0 Å². The fourth-order valence-electron chi connectivity index (χ4n) is 3.49. The standard InChI is InChI=1S/C21H33N3O2/c1-5-15(4)16-6-8-17(9-7-16)19(14(2)3)23-21(26)24-12-10-18(11-13-24)20(22)25/h6-9,14-15,18-19H,5,10-13H2,1-4H3,(H2,22,25)(H,23,26)/t15-,19-/m1/s1. The molecular weight excluding hydrogens is 326 g/mol. The third-order valence-electron chi connectivity index (χ3n) is 5.61. The van der Waals surface area contributed by atoms with Gasteiger partial charge in [-0.15, -0.1) is 0 Å². The maximum Gasteiger partial charge on any atom is 0.317 e. The van der Waals surface area contributed by atoms with Crippen molar-refractivity contribution in [2.24, 2.45) is 17.6 Å². The van der Waals surface area contributed by atoms with Crippen LogP contribution >= 0.6 is 0 Å². The number of nitrogens with two attached hydrogens (primary N) is 1. The highest BCUT2D eigenvalue weighted by molar-refractivity contribution is 5.78. The number of hydrogen-bond acceptors (Lipinski definition) is 2. The SMILES string of the molecule is CC[C@@H](C)c1ccc([C@H](NC(=O)N2CCC(C(N)=O)CC2)C(C)C)cc1. The van der Waals surface area contributed by atoms with E-state index in [0.29, 0.717) is 31.8 Å². The fourth-order valence-corrected chi connectivity index (χ4v) is 3.49. The molecule has 1 aliphatic heterocycles. The van der Waals surface area contributed by atoms with E-state index in [9.17, 15) is 9.59 Å². The van der Waals surface area contributed by atoms with Gasteiger partial charge in [-0.05, 0) is 42.2 Å². The summed E-state index contributed by atoms with van der Waals surface area (Å²) in [6, 6.07) is 8.52. The summed E-state index contributed by atoms with van der Waals surface area (Å²) in [6.07, 6.45) is 2.42. The van der Waals surface area contributed by atoms with Crippen LogP contribution in [0.1, 0.15) is 70.0 Å². The van der Waals surface area contributed by atoms with E-state index in [1.54, 1.807) is 4.90 Å². The van der Waals surface area contributed by atoms with E-state index in [4.69, 9.17) is 5.73 Å². The lowest BCUT2D eigenvalue weighted by molar-refractivity contribution is -0.123. The minimum absolute atomic E-state index is 0.0256. The van der Waals surface area contributed by atoms with Crippen molar-refractivity contribution < 1.29 is 9.59 Å². The Bertz CT molecular complexity index is 604. The Balaban J connectivity index is 2.02. The zero-order valence-corrected chi connectivity index (χ0v) is 16.5. The van der Waals surface area contributed by atoms with Gasteiger partial charge in [0.25, 0.3) is 0 Å². The van der Waals surface area contributed by atoms with E-state index in [0.717, 1.165) is 12.0 Å². The van der Waals surface area contributed by atoms with Gasteiger partial charge in [0.1, 0.15) is 0 Å². The first-order valence-corrected chi connectivity index (χ1v) is 9.78. The molecule has 0 saturated carbocycles. The van der Waals surface area contributed by atoms with Crippen molar-refractivity contribution in [3.8, 4) is 0 Å². The summed E-state index contributed by atoms with van der Waals surface area (Å²) in [5.41, 5.74) is 7.83. The molecule has 0 bridgehead atoms. The van der Waals surface area contributed by atoms with E-state index >= 15 is 0 Å². The summed E-state index contributed by atoms with van der Waals surface area (Å²) in [6.45, 7) is 9.82. The molecule has 3 amide bonds. The van der Waals surface area contributed by atoms with Crippen LogP contribution in [0.4, 0.5) is 4.79 Å². The Morgan fingerprint density at radius 3 is 2.12 bits per heavy atom. The third kappa shape index (κ3) is 4.99. The van der Waals surface area contributed by atoms with Crippen molar-refractivity contribution >= 4 is 11.9 Å². The van der Waals surface area contributed by atoms with Crippen LogP contribution in [0.15, 0.2) is 24.3 Å². The second-order valence-corrected chi connectivity index (χ2v) is 7.81. The molecule has 26 heavy (non-hydrogen) atoms. The number of amides is 3. The molecule has 2 rings (SSSR count). The van der Waals surface area contributed by atoms with Gasteiger partial charge in [0.15, 0.2) is 0 Å². The average molecular weight is 360 g/mol. The normalized spacial score (nSPS) is 17.8. The smallest absolute Gasteiger partial charge is 0.317 e. The molecule has 2 atom stereocenters. The first-order chi connectivity index (χ1) is 12.3. The van der Waals surface area contributed by atoms with Crippen LogP contribution in [0, 0.1) is 11.8 Å². The van der Waals surface area contributed by atoms with E-state index in [2.05, 4.69) is 57.3 Å². The van der Waals surface area contributed by atoms with Gasteiger partial charge in [-0.1, -0.05) is 52.0 Å². The largest absolute Gasteiger partial charge is 0.369 e. The van der Waals surface area contributed by atoms with Crippen LogP contribution in [-0.2, 0) is 4.79 Å². The number of nitrogens with one attached hydrogen (secondary N) is 1. The molecule has 5 heteroatoms. The molecule has 1 fully saturated rings. The zero-order valence-electron chi connectivity index (χ0n) is 16.5. The maximum absolute atomic E-state index is 12.7. The molecule has 0 spiro atoms. The molecule has 1 aromatic carbocycles. The molecule has 1 aliphatic rings. The molecule has 0 aromatic heterocycles. The first-order valence-electron chi connectivity index (χ1n) is 9.78. The van der Waals surface area contributed by atoms with Gasteiger partial charge in [-0.3, -0.25) is 4.79 Å². The number of rotatable bonds is 6. The number of primary amides is 1. The Labute approximate surface area is 157 Å². The highest BCUT2D eigenvalue weighted by atomic mass is 16.2. The monoisotopic (exact) mass is 359 g/mol. The van der Waals surface area contributed by atoms with Crippen molar-refractivity contribution in [3.63, 3.8) is 0 Å². The maximum atomic E-state index is 12.7. The predicted molar refractivity (Wildman–Crippen MR) is 105 cm³/mol. The Morgan fingerprint density at radius 2 is 1.65 bits per heavy atom. The minimum atomic E-state index is -0.258. The quantitative estimate of drug-likeness (QED) is 0.810. The molecule has 1 heterocycles. The summed E-state index contributed by atoms with van der Waals surface area (Å²) in [7, 11) is 0. The van der Waals surface area contributed by atoms with Crippen molar-refractivity contribution in [1.82, 2.24) is 10.2 Å². The van der Waals surface area contributed by atoms with Gasteiger partial charge < -0.3 is 16.0 Å². The zero-order chi connectivity index (χ0) is 19.3. The second-order valence-electron chi connectivity index (χ2n) is 7.81. The number of urea groups is 1. The highest BCUT2D eigenvalue weighted by Crippen LogP contribution is 2.26. The third-order valence-corrected chi connectivity index (χ3v) is 5.61. The molecule has 144 valence electrons. The van der Waals surface area contributed by atoms with E-state index in [-0.39, 0.29) is 29.8 Å². The predicted octanol–water partition coefficient (Wildman–Crippen LogP) is 3.80. The minimum Gasteiger partial charge on any atom is -0.369 e. The summed E-state index contributed by atoms with van der Waals surface area (Å²) < 4.78 is 0. The topological polar surface area (TPSA) is 75.4 Å². The first kappa shape index (κ1) is 20.3. The average Bonchev–Trinajstić information content (AvgIpc) is 2.65. The summed E-state index contributed by atoms with van der Waals surface area (Å²) in [4.78, 5) is 25.8. The summed E-state index contributed by atoms with van der Waals surface area (Å²) in [5, 5.41) is 3.18. The Morgan fingerprint density at radius 1 is 1.12 bits per heavy atom. The number of carbonyl (C=O) groups excluding carboxylic acids is 2. The van der Waals surface area contributed by atoms with Gasteiger partial charge in [0.2, 0.25) is 5.91 Å². The number of nitrogens with zero attached hydrogens (tertiary/aromatic N) is 1. The van der Waals surface area contributed by atoms with Gasteiger partial charge in [0.05, 0.1) is 6.04 Å². The number of likely N-dealkylation sites (tertiary alicyclic amines) is 1. The second kappa shape index (κ2) is 9.06. The van der Waals surface area contributed by atoms with Crippen LogP contribution in [-0.4, -0.2) is 29.9 Å². The number of carbonyl (C=O) groups is 2.